The molecule has 6 heteroatoms. The molecule has 2 aromatic heterocycles. The van der Waals surface area contributed by atoms with Crippen molar-refractivity contribution >= 4 is 28.3 Å². The van der Waals surface area contributed by atoms with E-state index in [2.05, 4.69) is 51.1 Å². The molecule has 3 aromatic rings. The lowest BCUT2D eigenvalue weighted by molar-refractivity contribution is -0.118. The van der Waals surface area contributed by atoms with Crippen molar-refractivity contribution < 1.29 is 4.79 Å². The van der Waals surface area contributed by atoms with Crippen LogP contribution in [0, 0.1) is 5.92 Å². The van der Waals surface area contributed by atoms with Gasteiger partial charge in [-0.15, -0.1) is 0 Å². The van der Waals surface area contributed by atoms with E-state index in [4.69, 9.17) is 0 Å². The topological polar surface area (TPSA) is 73.9 Å². The number of nitrogens with one attached hydrogen (secondary N) is 2. The molecule has 152 valence electrons. The zero-order valence-corrected chi connectivity index (χ0v) is 17.2. The highest BCUT2D eigenvalue weighted by atomic mass is 16.1. The highest BCUT2D eigenvalue weighted by Crippen LogP contribution is 2.28. The molecule has 1 fully saturated rings. The third kappa shape index (κ3) is 4.58. The van der Waals surface area contributed by atoms with E-state index in [1.807, 2.05) is 24.4 Å². The Bertz CT molecular complexity index is 980. The maximum Gasteiger partial charge on any atom is 0.152 e. The Morgan fingerprint density at radius 2 is 2.21 bits per heavy atom. The standard InChI is InChI=1S/C23H29N5O/c1-16(2)18-6-3-7-19(12-18)25-13-20(29)11-17-5-4-10-28(14-17)23-21-8-9-24-22(21)26-15-27-23/h3,6-9,12,15-17,25H,4-5,10-11,13-14H2,1-2H3,(H,24,26,27)/t17-/m0/s1. The van der Waals surface area contributed by atoms with E-state index < -0.39 is 0 Å². The minimum atomic E-state index is 0.265. The maximum atomic E-state index is 12.6. The predicted molar refractivity (Wildman–Crippen MR) is 117 cm³/mol. The summed E-state index contributed by atoms with van der Waals surface area (Å²) in [6.07, 6.45) is 6.28. The smallest absolute Gasteiger partial charge is 0.152 e. The van der Waals surface area contributed by atoms with Gasteiger partial charge in [-0.3, -0.25) is 4.79 Å². The van der Waals surface area contributed by atoms with Crippen molar-refractivity contribution in [2.24, 2.45) is 5.92 Å². The van der Waals surface area contributed by atoms with Crippen LogP contribution in [0.1, 0.15) is 44.6 Å². The second-order valence-electron chi connectivity index (χ2n) is 8.27. The van der Waals surface area contributed by atoms with Gasteiger partial charge in [-0.2, -0.15) is 0 Å². The lowest BCUT2D eigenvalue weighted by atomic mass is 9.92. The van der Waals surface area contributed by atoms with E-state index in [9.17, 15) is 4.79 Å². The molecule has 0 radical (unpaired) electrons. The molecule has 1 saturated heterocycles. The molecule has 3 heterocycles. The molecule has 1 aromatic carbocycles. The largest absolute Gasteiger partial charge is 0.378 e. The molecular weight excluding hydrogens is 362 g/mol. The quantitative estimate of drug-likeness (QED) is 0.626. The molecule has 1 atom stereocenters. The van der Waals surface area contributed by atoms with E-state index in [0.29, 0.717) is 24.8 Å². The molecule has 0 unspecified atom stereocenters. The van der Waals surface area contributed by atoms with Crippen LogP contribution >= 0.6 is 0 Å². The highest BCUT2D eigenvalue weighted by molar-refractivity contribution is 5.87. The number of H-pyrrole nitrogens is 1. The number of carbonyl (C=O) groups is 1. The van der Waals surface area contributed by atoms with E-state index in [1.54, 1.807) is 6.33 Å². The molecule has 0 spiro atoms. The van der Waals surface area contributed by atoms with Crippen LogP contribution in [0.4, 0.5) is 11.5 Å². The zero-order chi connectivity index (χ0) is 20.2. The minimum Gasteiger partial charge on any atom is -0.378 e. The van der Waals surface area contributed by atoms with E-state index >= 15 is 0 Å². The first-order valence-corrected chi connectivity index (χ1v) is 10.5. The van der Waals surface area contributed by atoms with Gasteiger partial charge in [0.25, 0.3) is 0 Å². The number of piperidine rings is 1. The molecular formula is C23H29N5O. The van der Waals surface area contributed by atoms with E-state index in [0.717, 1.165) is 48.5 Å². The molecule has 0 amide bonds. The van der Waals surface area contributed by atoms with Gasteiger partial charge in [0, 0.05) is 31.4 Å². The Hall–Kier alpha value is -2.89. The van der Waals surface area contributed by atoms with Gasteiger partial charge >= 0.3 is 0 Å². The number of rotatable bonds is 7. The van der Waals surface area contributed by atoms with Crippen LogP contribution in [0.15, 0.2) is 42.9 Å². The van der Waals surface area contributed by atoms with Gasteiger partial charge in [0.05, 0.1) is 11.9 Å². The first-order chi connectivity index (χ1) is 14.1. The summed E-state index contributed by atoms with van der Waals surface area (Å²) in [6, 6.07) is 10.4. The molecule has 1 aliphatic rings. The fraction of sp³-hybridized carbons (Fsp3) is 0.435. The van der Waals surface area contributed by atoms with Gasteiger partial charge in [-0.05, 0) is 48.4 Å². The number of aromatic amines is 1. The van der Waals surface area contributed by atoms with Crippen molar-refractivity contribution in [3.63, 3.8) is 0 Å². The summed E-state index contributed by atoms with van der Waals surface area (Å²) in [5.41, 5.74) is 3.16. The third-order valence-electron chi connectivity index (χ3n) is 5.71. The fourth-order valence-electron chi connectivity index (χ4n) is 4.14. The predicted octanol–water partition coefficient (Wildman–Crippen LogP) is 4.37. The number of anilines is 2. The Morgan fingerprint density at radius 3 is 3.07 bits per heavy atom. The number of hydrogen-bond acceptors (Lipinski definition) is 5. The molecule has 29 heavy (non-hydrogen) atoms. The van der Waals surface area contributed by atoms with Crippen molar-refractivity contribution in [3.8, 4) is 0 Å². The first kappa shape index (κ1) is 19.4. The summed E-state index contributed by atoms with van der Waals surface area (Å²) in [5, 5.41) is 4.35. The summed E-state index contributed by atoms with van der Waals surface area (Å²) in [6.45, 7) is 6.58. The second-order valence-corrected chi connectivity index (χ2v) is 8.27. The number of benzene rings is 1. The van der Waals surface area contributed by atoms with E-state index in [-0.39, 0.29) is 5.78 Å². The van der Waals surface area contributed by atoms with Gasteiger partial charge in [0.15, 0.2) is 5.78 Å². The summed E-state index contributed by atoms with van der Waals surface area (Å²) in [4.78, 5) is 26.8. The first-order valence-electron chi connectivity index (χ1n) is 10.5. The maximum absolute atomic E-state index is 12.6. The van der Waals surface area contributed by atoms with Crippen LogP contribution in [-0.2, 0) is 4.79 Å². The molecule has 0 aliphatic carbocycles. The summed E-state index contributed by atoms with van der Waals surface area (Å²) in [5.74, 6) is 2.08. The van der Waals surface area contributed by atoms with Crippen molar-refractivity contribution in [1.29, 1.82) is 0 Å². The minimum absolute atomic E-state index is 0.265. The van der Waals surface area contributed by atoms with Crippen LogP contribution in [0.3, 0.4) is 0 Å². The third-order valence-corrected chi connectivity index (χ3v) is 5.71. The number of ketones is 1. The van der Waals surface area contributed by atoms with Gasteiger partial charge in [-0.25, -0.2) is 9.97 Å². The fourth-order valence-corrected chi connectivity index (χ4v) is 4.14. The monoisotopic (exact) mass is 391 g/mol. The average molecular weight is 392 g/mol. The lowest BCUT2D eigenvalue weighted by Crippen LogP contribution is -2.37. The zero-order valence-electron chi connectivity index (χ0n) is 17.2. The summed E-state index contributed by atoms with van der Waals surface area (Å²) >= 11 is 0. The lowest BCUT2D eigenvalue weighted by Gasteiger charge is -2.33. The van der Waals surface area contributed by atoms with E-state index in [1.165, 1.54) is 5.56 Å². The molecule has 1 aliphatic heterocycles. The normalized spacial score (nSPS) is 17.1. The van der Waals surface area contributed by atoms with Crippen molar-refractivity contribution in [2.75, 3.05) is 29.9 Å². The molecule has 0 bridgehead atoms. The van der Waals surface area contributed by atoms with Crippen molar-refractivity contribution in [1.82, 2.24) is 15.0 Å². The van der Waals surface area contributed by atoms with Crippen LogP contribution < -0.4 is 10.2 Å². The molecule has 4 rings (SSSR count). The molecule has 6 nitrogen and oxygen atoms in total. The van der Waals surface area contributed by atoms with Crippen LogP contribution in [0.25, 0.3) is 11.0 Å². The van der Waals surface area contributed by atoms with Crippen LogP contribution in [-0.4, -0.2) is 40.4 Å². The van der Waals surface area contributed by atoms with Crippen molar-refractivity contribution in [2.45, 2.75) is 39.0 Å². The number of fused-ring (bicyclic) bond motifs is 1. The van der Waals surface area contributed by atoms with Gasteiger partial charge in [0.2, 0.25) is 0 Å². The Morgan fingerprint density at radius 1 is 1.31 bits per heavy atom. The second kappa shape index (κ2) is 8.64. The number of nitrogens with zero attached hydrogens (tertiary/aromatic N) is 3. The highest BCUT2D eigenvalue weighted by Gasteiger charge is 2.24. The Labute approximate surface area is 171 Å². The summed E-state index contributed by atoms with van der Waals surface area (Å²) in [7, 11) is 0. The Balaban J connectivity index is 1.34. The Kier molecular flexibility index (Phi) is 5.79. The number of hydrogen-bond donors (Lipinski definition) is 2. The van der Waals surface area contributed by atoms with Gasteiger partial charge < -0.3 is 15.2 Å². The van der Waals surface area contributed by atoms with Gasteiger partial charge in [0.1, 0.15) is 17.8 Å². The molecule has 2 N–H and O–H groups in total. The summed E-state index contributed by atoms with van der Waals surface area (Å²) < 4.78 is 0. The SMILES string of the molecule is CC(C)c1cccc(NCC(=O)C[C@@H]2CCCN(c3ncnc4[nH]ccc34)C2)c1. The van der Waals surface area contributed by atoms with Crippen molar-refractivity contribution in [3.05, 3.63) is 48.4 Å². The number of Topliss-reactive ketones (excluding diaryl/α,β-unsaturated/α-hetero) is 1. The average Bonchev–Trinajstić information content (AvgIpc) is 3.21. The molecule has 0 saturated carbocycles. The van der Waals surface area contributed by atoms with Crippen LogP contribution in [0.5, 0.6) is 0 Å². The number of aromatic nitrogens is 3. The number of carbonyl (C=O) groups excluding carboxylic acids is 1. The van der Waals surface area contributed by atoms with Crippen LogP contribution in [0.2, 0.25) is 0 Å². The van der Waals surface area contributed by atoms with Gasteiger partial charge in [-0.1, -0.05) is 26.0 Å².